The van der Waals surface area contributed by atoms with Crippen LogP contribution in [-0.4, -0.2) is 16.7 Å². The highest BCUT2D eigenvalue weighted by Gasteiger charge is 2.27. The predicted molar refractivity (Wildman–Crippen MR) is 92.2 cm³/mol. The summed E-state index contributed by atoms with van der Waals surface area (Å²) in [7, 11) is 0. The van der Waals surface area contributed by atoms with E-state index >= 15 is 0 Å². The van der Waals surface area contributed by atoms with E-state index in [0.717, 1.165) is 16.7 Å². The van der Waals surface area contributed by atoms with Gasteiger partial charge >= 0.3 is 0 Å². The second kappa shape index (κ2) is 5.42. The van der Waals surface area contributed by atoms with E-state index in [-0.39, 0.29) is 11.7 Å². The second-order valence-electron chi connectivity index (χ2n) is 5.81. The minimum Gasteiger partial charge on any atom is -0.307 e. The fraction of sp³-hybridized carbons (Fsp3) is 0.0500. The molecule has 1 N–H and O–H groups in total. The number of fused-ring (bicyclic) bond motifs is 3. The number of hydrogen-bond donors (Lipinski definition) is 1. The third kappa shape index (κ3) is 2.29. The first-order chi connectivity index (χ1) is 11.6. The average molecular weight is 314 g/mol. The number of amides is 1. The molecule has 1 aromatic heterocycles. The normalized spacial score (nSPS) is 11.8. The number of nitrogens with zero attached hydrogens (tertiary/aromatic N) is 1. The molecule has 0 aliphatic heterocycles. The van der Waals surface area contributed by atoms with Crippen molar-refractivity contribution >= 4 is 17.5 Å². The number of benzene rings is 2. The van der Waals surface area contributed by atoms with Gasteiger partial charge in [0.15, 0.2) is 5.78 Å². The molecule has 1 amide bonds. The van der Waals surface area contributed by atoms with E-state index in [9.17, 15) is 9.59 Å². The largest absolute Gasteiger partial charge is 0.307 e. The Kier molecular flexibility index (Phi) is 3.24. The van der Waals surface area contributed by atoms with Crippen LogP contribution in [0.4, 0.5) is 5.82 Å². The van der Waals surface area contributed by atoms with Crippen LogP contribution in [0.25, 0.3) is 11.1 Å². The van der Waals surface area contributed by atoms with E-state index in [0.29, 0.717) is 22.5 Å². The number of aryl methyl sites for hydroxylation is 1. The lowest BCUT2D eigenvalue weighted by Crippen LogP contribution is -2.13. The van der Waals surface area contributed by atoms with Crippen LogP contribution in [0.3, 0.4) is 0 Å². The van der Waals surface area contributed by atoms with E-state index in [1.165, 1.54) is 0 Å². The Morgan fingerprint density at radius 3 is 2.42 bits per heavy atom. The Hall–Kier alpha value is -3.27. The summed E-state index contributed by atoms with van der Waals surface area (Å²) in [6, 6.07) is 16.3. The minimum atomic E-state index is -0.280. The summed E-state index contributed by atoms with van der Waals surface area (Å²) >= 11 is 0. The molecule has 2 aromatic carbocycles. The van der Waals surface area contributed by atoms with Crippen molar-refractivity contribution in [3.8, 4) is 11.1 Å². The van der Waals surface area contributed by atoms with E-state index < -0.39 is 0 Å². The molecule has 0 radical (unpaired) electrons. The van der Waals surface area contributed by atoms with Crippen LogP contribution in [-0.2, 0) is 0 Å². The molecule has 1 heterocycles. The van der Waals surface area contributed by atoms with Crippen molar-refractivity contribution in [3.05, 3.63) is 83.0 Å². The number of aromatic nitrogens is 1. The van der Waals surface area contributed by atoms with Gasteiger partial charge in [-0.2, -0.15) is 0 Å². The number of carbonyl (C=O) groups is 2. The number of carbonyl (C=O) groups excluding carboxylic acids is 2. The molecule has 4 rings (SSSR count). The SMILES string of the molecule is Cc1ccc(NC(=O)c2ccc3c(c2)C(=O)c2ccccc2-3)nc1. The molecular weight excluding hydrogens is 300 g/mol. The van der Waals surface area contributed by atoms with Crippen LogP contribution in [0.2, 0.25) is 0 Å². The zero-order chi connectivity index (χ0) is 16.7. The summed E-state index contributed by atoms with van der Waals surface area (Å²) in [4.78, 5) is 29.1. The minimum absolute atomic E-state index is 0.0382. The highest BCUT2D eigenvalue weighted by atomic mass is 16.1. The Bertz CT molecular complexity index is 975. The van der Waals surface area contributed by atoms with Crippen LogP contribution in [0, 0.1) is 6.92 Å². The molecule has 24 heavy (non-hydrogen) atoms. The topological polar surface area (TPSA) is 59.1 Å². The van der Waals surface area contributed by atoms with Crippen LogP contribution >= 0.6 is 0 Å². The van der Waals surface area contributed by atoms with Crippen molar-refractivity contribution < 1.29 is 9.59 Å². The summed E-state index contributed by atoms with van der Waals surface area (Å²) in [5.41, 5.74) is 4.52. The predicted octanol–water partition coefficient (Wildman–Crippen LogP) is 3.85. The first-order valence-corrected chi connectivity index (χ1v) is 7.65. The zero-order valence-electron chi connectivity index (χ0n) is 13.0. The lowest BCUT2D eigenvalue weighted by Gasteiger charge is -2.06. The van der Waals surface area contributed by atoms with Crippen LogP contribution < -0.4 is 5.32 Å². The van der Waals surface area contributed by atoms with E-state index in [2.05, 4.69) is 10.3 Å². The lowest BCUT2D eigenvalue weighted by atomic mass is 10.0. The van der Waals surface area contributed by atoms with Gasteiger partial charge < -0.3 is 5.32 Å². The van der Waals surface area contributed by atoms with Gasteiger partial charge in [0.25, 0.3) is 5.91 Å². The van der Waals surface area contributed by atoms with Gasteiger partial charge in [-0.15, -0.1) is 0 Å². The van der Waals surface area contributed by atoms with Crippen molar-refractivity contribution in [2.75, 3.05) is 5.32 Å². The molecular formula is C20H14N2O2. The monoisotopic (exact) mass is 314 g/mol. The highest BCUT2D eigenvalue weighted by molar-refractivity contribution is 6.22. The third-order valence-corrected chi connectivity index (χ3v) is 4.14. The first kappa shape index (κ1) is 14.3. The molecule has 1 aliphatic rings. The van der Waals surface area contributed by atoms with Crippen molar-refractivity contribution in [2.24, 2.45) is 0 Å². The lowest BCUT2D eigenvalue weighted by molar-refractivity contribution is 0.102. The second-order valence-corrected chi connectivity index (χ2v) is 5.81. The molecule has 116 valence electrons. The van der Waals surface area contributed by atoms with E-state index in [1.54, 1.807) is 24.4 Å². The van der Waals surface area contributed by atoms with Gasteiger partial charge in [-0.1, -0.05) is 36.4 Å². The summed E-state index contributed by atoms with van der Waals surface area (Å²) in [5.74, 6) is 0.169. The molecule has 0 fully saturated rings. The molecule has 0 unspecified atom stereocenters. The van der Waals surface area contributed by atoms with Crippen LogP contribution in [0.1, 0.15) is 31.8 Å². The van der Waals surface area contributed by atoms with Gasteiger partial charge in [0, 0.05) is 22.9 Å². The van der Waals surface area contributed by atoms with Crippen molar-refractivity contribution in [1.82, 2.24) is 4.98 Å². The molecule has 4 heteroatoms. The highest BCUT2D eigenvalue weighted by Crippen LogP contribution is 2.36. The van der Waals surface area contributed by atoms with Crippen LogP contribution in [0.15, 0.2) is 60.8 Å². The molecule has 0 atom stereocenters. The molecule has 0 saturated heterocycles. The number of pyridine rings is 1. The molecule has 0 saturated carbocycles. The average Bonchev–Trinajstić information content (AvgIpc) is 2.90. The zero-order valence-corrected chi connectivity index (χ0v) is 13.0. The maximum absolute atomic E-state index is 12.5. The quantitative estimate of drug-likeness (QED) is 0.611. The summed E-state index contributed by atoms with van der Waals surface area (Å²) in [6.07, 6.45) is 1.69. The Morgan fingerprint density at radius 1 is 0.917 bits per heavy atom. The van der Waals surface area contributed by atoms with Crippen LogP contribution in [0.5, 0.6) is 0 Å². The Balaban J connectivity index is 1.66. The number of anilines is 1. The molecule has 3 aromatic rings. The molecule has 4 nitrogen and oxygen atoms in total. The summed E-state index contributed by atoms with van der Waals surface area (Å²) < 4.78 is 0. The number of nitrogens with one attached hydrogen (secondary N) is 1. The van der Waals surface area contributed by atoms with E-state index in [4.69, 9.17) is 0 Å². The van der Waals surface area contributed by atoms with Gasteiger partial charge in [0.05, 0.1) is 0 Å². The van der Waals surface area contributed by atoms with E-state index in [1.807, 2.05) is 43.3 Å². The molecule has 0 bridgehead atoms. The summed E-state index contributed by atoms with van der Waals surface area (Å²) in [6.45, 7) is 1.93. The number of ketones is 1. The Labute approximate surface area is 139 Å². The smallest absolute Gasteiger partial charge is 0.256 e. The summed E-state index contributed by atoms with van der Waals surface area (Å²) in [5, 5.41) is 2.75. The third-order valence-electron chi connectivity index (χ3n) is 4.14. The molecule has 0 spiro atoms. The fourth-order valence-electron chi connectivity index (χ4n) is 2.90. The first-order valence-electron chi connectivity index (χ1n) is 7.65. The standard InChI is InChI=1S/C20H14N2O2/c1-12-6-9-18(21-11-12)22-20(24)13-7-8-15-14-4-2-3-5-16(14)19(23)17(15)10-13/h2-11H,1H3,(H,21,22,24). The number of hydrogen-bond acceptors (Lipinski definition) is 3. The van der Waals surface area contributed by atoms with Crippen molar-refractivity contribution in [1.29, 1.82) is 0 Å². The maximum atomic E-state index is 12.5. The van der Waals surface area contributed by atoms with Crippen molar-refractivity contribution in [3.63, 3.8) is 0 Å². The van der Waals surface area contributed by atoms with Gasteiger partial charge in [-0.3, -0.25) is 9.59 Å². The van der Waals surface area contributed by atoms with Gasteiger partial charge in [-0.05, 0) is 41.8 Å². The van der Waals surface area contributed by atoms with Crippen molar-refractivity contribution in [2.45, 2.75) is 6.92 Å². The number of rotatable bonds is 2. The fourth-order valence-corrected chi connectivity index (χ4v) is 2.90. The van der Waals surface area contributed by atoms with Gasteiger partial charge in [-0.25, -0.2) is 4.98 Å². The Morgan fingerprint density at radius 2 is 1.67 bits per heavy atom. The van der Waals surface area contributed by atoms with Gasteiger partial charge in [0.1, 0.15) is 5.82 Å². The maximum Gasteiger partial charge on any atom is 0.256 e. The van der Waals surface area contributed by atoms with Gasteiger partial charge in [0.2, 0.25) is 0 Å². The molecule has 1 aliphatic carbocycles.